The van der Waals surface area contributed by atoms with Gasteiger partial charge in [-0.25, -0.2) is 4.79 Å². The summed E-state index contributed by atoms with van der Waals surface area (Å²) in [7, 11) is 3.14. The van der Waals surface area contributed by atoms with Crippen LogP contribution in [0.15, 0.2) is 41.1 Å². The minimum Gasteiger partial charge on any atom is -0.493 e. The Hall–Kier alpha value is -4.19. The molecule has 0 saturated carbocycles. The molecule has 3 aromatic rings. The van der Waals surface area contributed by atoms with E-state index in [2.05, 4.69) is 0 Å². The Balaban J connectivity index is 1.45. The number of ether oxygens (including phenoxy) is 3. The Morgan fingerprint density at radius 1 is 1.12 bits per heavy atom. The molecule has 4 rings (SSSR count). The smallest absolute Gasteiger partial charge is 0.343 e. The molecule has 33 heavy (non-hydrogen) atoms. The highest BCUT2D eigenvalue weighted by atomic mass is 16.5. The van der Waals surface area contributed by atoms with Gasteiger partial charge in [0.15, 0.2) is 18.1 Å². The van der Waals surface area contributed by atoms with E-state index in [9.17, 15) is 14.9 Å². The third kappa shape index (κ3) is 4.15. The van der Waals surface area contributed by atoms with Crippen LogP contribution in [-0.4, -0.2) is 48.7 Å². The van der Waals surface area contributed by atoms with Crippen molar-refractivity contribution in [3.8, 4) is 23.5 Å². The molecule has 1 aliphatic heterocycles. The average Bonchev–Trinajstić information content (AvgIpc) is 3.48. The first-order valence-electron chi connectivity index (χ1n) is 10.3. The van der Waals surface area contributed by atoms with Crippen LogP contribution in [0, 0.1) is 18.3 Å². The number of rotatable bonds is 6. The minimum absolute atomic E-state index is 0.0230. The Kier molecular flexibility index (Phi) is 6.09. The number of aryl methyl sites for hydroxylation is 1. The summed E-state index contributed by atoms with van der Waals surface area (Å²) in [4.78, 5) is 27.1. The Morgan fingerprint density at radius 2 is 1.79 bits per heavy atom. The monoisotopic (exact) mass is 449 g/mol. The number of amides is 1. The van der Waals surface area contributed by atoms with E-state index >= 15 is 0 Å². The predicted molar refractivity (Wildman–Crippen MR) is 116 cm³/mol. The molecule has 9 heteroatoms. The van der Waals surface area contributed by atoms with Crippen molar-refractivity contribution in [2.45, 2.75) is 19.9 Å². The molecule has 3 heterocycles. The highest BCUT2D eigenvalue weighted by Gasteiger charge is 2.28. The second-order valence-corrected chi connectivity index (χ2v) is 7.53. The number of hydrogen-bond acceptors (Lipinski definition) is 7. The summed E-state index contributed by atoms with van der Waals surface area (Å²) in [6, 6.07) is 9.33. The summed E-state index contributed by atoms with van der Waals surface area (Å²) >= 11 is 0. The van der Waals surface area contributed by atoms with Crippen LogP contribution in [0.5, 0.6) is 11.5 Å². The van der Waals surface area contributed by atoms with Crippen molar-refractivity contribution in [1.82, 2.24) is 9.47 Å². The topological polar surface area (TPSA) is 107 Å². The fraction of sp³-hybridized carbons (Fsp3) is 0.292. The van der Waals surface area contributed by atoms with E-state index in [0.29, 0.717) is 31.0 Å². The maximum Gasteiger partial charge on any atom is 0.343 e. The number of esters is 1. The van der Waals surface area contributed by atoms with Crippen LogP contribution in [-0.2, 0) is 22.5 Å². The minimum atomic E-state index is -0.775. The number of nitriles is 1. The van der Waals surface area contributed by atoms with E-state index in [4.69, 9.17) is 18.6 Å². The molecule has 1 aromatic carbocycles. The van der Waals surface area contributed by atoms with Crippen LogP contribution in [0.2, 0.25) is 0 Å². The van der Waals surface area contributed by atoms with Gasteiger partial charge in [-0.1, -0.05) is 0 Å². The number of hydrogen-bond donors (Lipinski definition) is 0. The van der Waals surface area contributed by atoms with Crippen molar-refractivity contribution < 1.29 is 28.2 Å². The quantitative estimate of drug-likeness (QED) is 0.533. The van der Waals surface area contributed by atoms with Crippen molar-refractivity contribution in [1.29, 1.82) is 5.26 Å². The summed E-state index contributed by atoms with van der Waals surface area (Å²) in [5.74, 6) is 0.622. The van der Waals surface area contributed by atoms with E-state index in [1.807, 2.05) is 18.2 Å². The molecule has 0 bridgehead atoms. The molecule has 0 saturated heterocycles. The third-order valence-electron chi connectivity index (χ3n) is 5.62. The second kappa shape index (κ2) is 9.12. The third-order valence-corrected chi connectivity index (χ3v) is 5.62. The van der Waals surface area contributed by atoms with Gasteiger partial charge in [0.25, 0.3) is 5.91 Å². The summed E-state index contributed by atoms with van der Waals surface area (Å²) in [6.45, 7) is 2.01. The molecule has 0 unspecified atom stereocenters. The predicted octanol–water partition coefficient (Wildman–Crippen LogP) is 3.01. The normalized spacial score (nSPS) is 12.6. The fourth-order valence-corrected chi connectivity index (χ4v) is 3.92. The Labute approximate surface area is 190 Å². The van der Waals surface area contributed by atoms with E-state index in [1.165, 1.54) is 0 Å². The van der Waals surface area contributed by atoms with E-state index in [1.54, 1.807) is 55.1 Å². The zero-order valence-corrected chi connectivity index (χ0v) is 18.6. The van der Waals surface area contributed by atoms with Crippen molar-refractivity contribution in [2.24, 2.45) is 0 Å². The first kappa shape index (κ1) is 22.0. The van der Waals surface area contributed by atoms with Gasteiger partial charge in [0.1, 0.15) is 23.0 Å². The van der Waals surface area contributed by atoms with Crippen molar-refractivity contribution in [3.63, 3.8) is 0 Å². The number of aromatic nitrogens is 1. The molecule has 9 nitrogen and oxygen atoms in total. The lowest BCUT2D eigenvalue weighted by atomic mass is 9.99. The number of fused-ring (bicyclic) bond motifs is 1. The molecule has 0 spiro atoms. The van der Waals surface area contributed by atoms with Gasteiger partial charge in [0, 0.05) is 25.5 Å². The van der Waals surface area contributed by atoms with Gasteiger partial charge in [-0.2, -0.15) is 5.26 Å². The fourth-order valence-electron chi connectivity index (χ4n) is 3.92. The summed E-state index contributed by atoms with van der Waals surface area (Å²) < 4.78 is 23.2. The van der Waals surface area contributed by atoms with Gasteiger partial charge in [-0.05, 0) is 48.7 Å². The molecule has 1 amide bonds. The maximum absolute atomic E-state index is 12.8. The van der Waals surface area contributed by atoms with Gasteiger partial charge in [-0.3, -0.25) is 9.36 Å². The molecule has 0 radical (unpaired) electrons. The van der Waals surface area contributed by atoms with Crippen LogP contribution in [0.1, 0.15) is 32.8 Å². The standard InChI is InChI=1S/C24H23N3O6/c1-15-22(18(12-25)23(33-15)26-7-4-5-8-26)24(29)32-14-21(28)27-9-6-16-10-19(30-2)20(31-3)11-17(16)13-27/h4-5,7-8,10-11H,6,9,13-14H2,1-3H3. The first-order valence-corrected chi connectivity index (χ1v) is 10.3. The molecule has 0 N–H and O–H groups in total. The molecule has 1 aliphatic rings. The number of carbonyl (C=O) groups excluding carboxylic acids is 2. The highest BCUT2D eigenvalue weighted by Crippen LogP contribution is 2.33. The molecule has 0 aliphatic carbocycles. The number of benzene rings is 1. The second-order valence-electron chi connectivity index (χ2n) is 7.53. The Bertz CT molecular complexity index is 1240. The zero-order valence-electron chi connectivity index (χ0n) is 18.6. The Morgan fingerprint density at radius 3 is 2.42 bits per heavy atom. The lowest BCUT2D eigenvalue weighted by Gasteiger charge is -2.29. The SMILES string of the molecule is COc1cc2c(cc1OC)CN(C(=O)COC(=O)c1c(C)oc(-n3cccc3)c1C#N)CC2. The summed E-state index contributed by atoms with van der Waals surface area (Å²) in [5, 5.41) is 9.59. The number of carbonyl (C=O) groups is 2. The van der Waals surface area contributed by atoms with Crippen LogP contribution in [0.25, 0.3) is 5.88 Å². The van der Waals surface area contributed by atoms with E-state index in [0.717, 1.165) is 11.1 Å². The van der Waals surface area contributed by atoms with Crippen molar-refractivity contribution in [3.05, 3.63) is 64.7 Å². The summed E-state index contributed by atoms with van der Waals surface area (Å²) in [5.41, 5.74) is 2.12. The molecule has 0 fully saturated rings. The van der Waals surface area contributed by atoms with E-state index < -0.39 is 12.6 Å². The molecule has 2 aromatic heterocycles. The molecular formula is C24H23N3O6. The number of nitrogens with zero attached hydrogens (tertiary/aromatic N) is 3. The zero-order chi connectivity index (χ0) is 23.5. The van der Waals surface area contributed by atoms with Gasteiger partial charge in [0.05, 0.1) is 14.2 Å². The lowest BCUT2D eigenvalue weighted by molar-refractivity contribution is -0.135. The van der Waals surface area contributed by atoms with Gasteiger partial charge in [0.2, 0.25) is 5.88 Å². The van der Waals surface area contributed by atoms with Crippen LogP contribution < -0.4 is 9.47 Å². The van der Waals surface area contributed by atoms with Gasteiger partial charge < -0.3 is 23.5 Å². The van der Waals surface area contributed by atoms with Crippen LogP contribution >= 0.6 is 0 Å². The van der Waals surface area contributed by atoms with Crippen LogP contribution in [0.4, 0.5) is 0 Å². The highest BCUT2D eigenvalue weighted by molar-refractivity contribution is 5.95. The number of furan rings is 1. The largest absolute Gasteiger partial charge is 0.493 e. The lowest BCUT2D eigenvalue weighted by Crippen LogP contribution is -2.38. The van der Waals surface area contributed by atoms with E-state index in [-0.39, 0.29) is 28.7 Å². The molecule has 0 atom stereocenters. The van der Waals surface area contributed by atoms with Gasteiger partial charge in [-0.15, -0.1) is 0 Å². The average molecular weight is 449 g/mol. The van der Waals surface area contributed by atoms with Crippen LogP contribution in [0.3, 0.4) is 0 Å². The number of methoxy groups -OCH3 is 2. The van der Waals surface area contributed by atoms with Gasteiger partial charge >= 0.3 is 5.97 Å². The first-order chi connectivity index (χ1) is 16.0. The maximum atomic E-state index is 12.8. The van der Waals surface area contributed by atoms with Crippen molar-refractivity contribution >= 4 is 11.9 Å². The summed E-state index contributed by atoms with van der Waals surface area (Å²) in [6.07, 6.45) is 4.06. The molecule has 170 valence electrons. The van der Waals surface area contributed by atoms with Crippen molar-refractivity contribution in [2.75, 3.05) is 27.4 Å². The molecular weight excluding hydrogens is 426 g/mol.